The zero-order valence-corrected chi connectivity index (χ0v) is 13.2. The van der Waals surface area contributed by atoms with Crippen LogP contribution in [-0.4, -0.2) is 32.9 Å². The van der Waals surface area contributed by atoms with Crippen LogP contribution in [0, 0.1) is 12.3 Å². The number of urea groups is 1. The van der Waals surface area contributed by atoms with Crippen molar-refractivity contribution in [2.75, 3.05) is 0 Å². The van der Waals surface area contributed by atoms with Gasteiger partial charge in [0.1, 0.15) is 0 Å². The van der Waals surface area contributed by atoms with Gasteiger partial charge < -0.3 is 15.7 Å². The van der Waals surface area contributed by atoms with Gasteiger partial charge in [-0.15, -0.1) is 0 Å². The Bertz CT molecular complexity index is 517. The Morgan fingerprint density at radius 2 is 2.05 bits per heavy atom. The fraction of sp³-hybridized carbons (Fsp3) is 0.643. The second-order valence-electron chi connectivity index (χ2n) is 6.26. The van der Waals surface area contributed by atoms with Crippen molar-refractivity contribution in [3.63, 3.8) is 0 Å². The molecule has 1 aromatic rings. The van der Waals surface area contributed by atoms with Crippen molar-refractivity contribution in [2.24, 2.45) is 12.5 Å². The minimum Gasteiger partial charge on any atom is -0.481 e. The van der Waals surface area contributed by atoms with Crippen LogP contribution in [0.1, 0.15) is 38.4 Å². The molecule has 0 aliphatic heterocycles. The van der Waals surface area contributed by atoms with E-state index in [0.29, 0.717) is 6.54 Å². The minimum absolute atomic E-state index is 0.108. The first-order valence-electron chi connectivity index (χ1n) is 6.85. The number of carboxylic acids is 1. The van der Waals surface area contributed by atoms with E-state index >= 15 is 0 Å². The molecule has 1 atom stereocenters. The summed E-state index contributed by atoms with van der Waals surface area (Å²) in [5.74, 6) is -0.932. The van der Waals surface area contributed by atoms with E-state index in [4.69, 9.17) is 5.11 Å². The van der Waals surface area contributed by atoms with Crippen molar-refractivity contribution < 1.29 is 14.7 Å². The molecule has 0 spiro atoms. The Morgan fingerprint density at radius 3 is 2.48 bits per heavy atom. The van der Waals surface area contributed by atoms with Gasteiger partial charge in [-0.05, 0) is 12.3 Å². The van der Waals surface area contributed by atoms with E-state index in [1.165, 1.54) is 0 Å². The molecule has 0 aromatic carbocycles. The number of rotatable bonds is 5. The predicted octanol–water partition coefficient (Wildman–Crippen LogP) is 1.42. The van der Waals surface area contributed by atoms with E-state index in [9.17, 15) is 9.59 Å². The summed E-state index contributed by atoms with van der Waals surface area (Å²) < 4.78 is 1.69. The third-order valence-electron chi connectivity index (χ3n) is 3.28. The van der Waals surface area contributed by atoms with Crippen LogP contribution in [-0.2, 0) is 18.4 Å². The van der Waals surface area contributed by atoms with Gasteiger partial charge in [-0.1, -0.05) is 20.8 Å². The minimum atomic E-state index is -0.932. The SMILES string of the molecule is Cc1nn(C)cc1CNC(=O)NC(CC(=O)O)C(C)(C)C. The molecule has 7 nitrogen and oxygen atoms in total. The van der Waals surface area contributed by atoms with Crippen LogP contribution < -0.4 is 10.6 Å². The maximum atomic E-state index is 11.9. The number of carbonyl (C=O) groups excluding carboxylic acids is 1. The maximum Gasteiger partial charge on any atom is 0.315 e. The van der Waals surface area contributed by atoms with Crippen molar-refractivity contribution in [2.45, 2.75) is 46.7 Å². The molecule has 7 heteroatoms. The highest BCUT2D eigenvalue weighted by Gasteiger charge is 2.28. The van der Waals surface area contributed by atoms with Crippen molar-refractivity contribution in [1.29, 1.82) is 0 Å². The summed E-state index contributed by atoms with van der Waals surface area (Å²) in [4.78, 5) is 22.8. The molecule has 0 saturated heterocycles. The number of hydrogen-bond donors (Lipinski definition) is 3. The van der Waals surface area contributed by atoms with Gasteiger partial charge in [0.15, 0.2) is 0 Å². The Kier molecular flexibility index (Phi) is 5.34. The van der Waals surface area contributed by atoms with Crippen LogP contribution in [0.2, 0.25) is 0 Å². The largest absolute Gasteiger partial charge is 0.481 e. The van der Waals surface area contributed by atoms with Gasteiger partial charge in [-0.25, -0.2) is 4.79 Å². The summed E-state index contributed by atoms with van der Waals surface area (Å²) >= 11 is 0. The zero-order chi connectivity index (χ0) is 16.2. The predicted molar refractivity (Wildman–Crippen MR) is 78.8 cm³/mol. The van der Waals surface area contributed by atoms with E-state index < -0.39 is 12.0 Å². The molecule has 0 bridgehead atoms. The van der Waals surface area contributed by atoms with Crippen LogP contribution in [0.4, 0.5) is 4.79 Å². The van der Waals surface area contributed by atoms with Gasteiger partial charge in [-0.2, -0.15) is 5.10 Å². The molecule has 3 N–H and O–H groups in total. The van der Waals surface area contributed by atoms with E-state index in [-0.39, 0.29) is 17.9 Å². The lowest BCUT2D eigenvalue weighted by Crippen LogP contribution is -2.48. The van der Waals surface area contributed by atoms with Crippen LogP contribution in [0.3, 0.4) is 0 Å². The highest BCUT2D eigenvalue weighted by atomic mass is 16.4. The lowest BCUT2D eigenvalue weighted by molar-refractivity contribution is -0.138. The number of nitrogens with zero attached hydrogens (tertiary/aromatic N) is 2. The number of aryl methyl sites for hydroxylation is 2. The molecular weight excluding hydrogens is 272 g/mol. The Labute approximate surface area is 124 Å². The summed E-state index contributed by atoms with van der Waals surface area (Å²) in [6.45, 7) is 7.91. The number of amides is 2. The Balaban J connectivity index is 2.58. The lowest BCUT2D eigenvalue weighted by Gasteiger charge is -2.30. The zero-order valence-electron chi connectivity index (χ0n) is 13.2. The van der Waals surface area contributed by atoms with Crippen molar-refractivity contribution >= 4 is 12.0 Å². The molecule has 0 aliphatic rings. The normalized spacial score (nSPS) is 12.8. The third-order valence-corrected chi connectivity index (χ3v) is 3.28. The summed E-state index contributed by atoms with van der Waals surface area (Å²) in [5.41, 5.74) is 1.45. The summed E-state index contributed by atoms with van der Waals surface area (Å²) in [6, 6.07) is -0.815. The smallest absolute Gasteiger partial charge is 0.315 e. The van der Waals surface area contributed by atoms with Crippen molar-refractivity contribution in [3.05, 3.63) is 17.5 Å². The molecule has 21 heavy (non-hydrogen) atoms. The molecule has 118 valence electrons. The van der Waals surface area contributed by atoms with E-state index in [1.54, 1.807) is 4.68 Å². The summed E-state index contributed by atoms with van der Waals surface area (Å²) in [7, 11) is 1.82. The van der Waals surface area contributed by atoms with Crippen LogP contribution in [0.25, 0.3) is 0 Å². The highest BCUT2D eigenvalue weighted by molar-refractivity contribution is 5.75. The summed E-state index contributed by atoms with van der Waals surface area (Å²) in [5, 5.41) is 18.6. The lowest BCUT2D eigenvalue weighted by atomic mass is 9.85. The number of carbonyl (C=O) groups is 2. The second kappa shape index (κ2) is 6.60. The number of hydrogen-bond acceptors (Lipinski definition) is 3. The molecular formula is C14H24N4O3. The van der Waals surface area contributed by atoms with Gasteiger partial charge in [-0.3, -0.25) is 9.48 Å². The number of aromatic nitrogens is 2. The first-order valence-corrected chi connectivity index (χ1v) is 6.85. The molecule has 0 aliphatic carbocycles. The fourth-order valence-corrected chi connectivity index (χ4v) is 1.96. The molecule has 1 heterocycles. The Hall–Kier alpha value is -2.05. The van der Waals surface area contributed by atoms with Gasteiger partial charge >= 0.3 is 12.0 Å². The second-order valence-corrected chi connectivity index (χ2v) is 6.26. The number of aliphatic carboxylic acids is 1. The van der Waals surface area contributed by atoms with E-state index in [1.807, 2.05) is 40.9 Å². The quantitative estimate of drug-likeness (QED) is 0.765. The van der Waals surface area contributed by atoms with Crippen molar-refractivity contribution in [3.8, 4) is 0 Å². The molecule has 0 saturated carbocycles. The fourth-order valence-electron chi connectivity index (χ4n) is 1.96. The number of carboxylic acid groups (broad SMARTS) is 1. The van der Waals surface area contributed by atoms with E-state index in [2.05, 4.69) is 15.7 Å². The molecule has 0 fully saturated rings. The molecule has 1 unspecified atom stereocenters. The van der Waals surface area contributed by atoms with Crippen LogP contribution in [0.5, 0.6) is 0 Å². The van der Waals surface area contributed by atoms with Crippen LogP contribution >= 0.6 is 0 Å². The highest BCUT2D eigenvalue weighted by Crippen LogP contribution is 2.21. The summed E-state index contributed by atoms with van der Waals surface area (Å²) in [6.07, 6.45) is 1.73. The molecule has 1 rings (SSSR count). The van der Waals surface area contributed by atoms with Gasteiger partial charge in [0.05, 0.1) is 12.1 Å². The van der Waals surface area contributed by atoms with Crippen molar-refractivity contribution in [1.82, 2.24) is 20.4 Å². The van der Waals surface area contributed by atoms with Gasteiger partial charge in [0.25, 0.3) is 0 Å². The standard InChI is InChI=1S/C14H24N4O3/c1-9-10(8-18(5)17-9)7-15-13(21)16-11(6-12(19)20)14(2,3)4/h8,11H,6-7H2,1-5H3,(H,19,20)(H2,15,16,21). The average molecular weight is 296 g/mol. The third kappa shape index (κ3) is 5.45. The Morgan fingerprint density at radius 1 is 1.43 bits per heavy atom. The first kappa shape index (κ1) is 17.0. The molecule has 2 amide bonds. The topological polar surface area (TPSA) is 96.3 Å². The monoisotopic (exact) mass is 296 g/mol. The number of nitrogens with one attached hydrogen (secondary N) is 2. The van der Waals surface area contributed by atoms with Gasteiger partial charge in [0.2, 0.25) is 0 Å². The average Bonchev–Trinajstić information content (AvgIpc) is 2.62. The molecule has 1 aromatic heterocycles. The molecule has 0 radical (unpaired) electrons. The van der Waals surface area contributed by atoms with Gasteiger partial charge in [0, 0.05) is 31.4 Å². The van der Waals surface area contributed by atoms with Crippen LogP contribution in [0.15, 0.2) is 6.20 Å². The van der Waals surface area contributed by atoms with E-state index in [0.717, 1.165) is 11.3 Å². The first-order chi connectivity index (χ1) is 9.59. The maximum absolute atomic E-state index is 11.9.